The smallest absolute Gasteiger partial charge is 0.222 e. The van der Waals surface area contributed by atoms with E-state index in [1.165, 1.54) is 25.7 Å². The van der Waals surface area contributed by atoms with Crippen LogP contribution in [0.4, 0.5) is 0 Å². The monoisotopic (exact) mass is 227 g/mol. The van der Waals surface area contributed by atoms with E-state index in [1.54, 1.807) is 0 Å². The lowest BCUT2D eigenvalue weighted by atomic mass is 9.88. The molecule has 0 aromatic rings. The minimum Gasteiger partial charge on any atom is -0.376 e. The van der Waals surface area contributed by atoms with E-state index in [0.717, 1.165) is 0 Å². The van der Waals surface area contributed by atoms with Crippen LogP contribution in [0, 0.1) is 11.8 Å². The molecule has 1 amide bonds. The minimum absolute atomic E-state index is 0.0635. The summed E-state index contributed by atoms with van der Waals surface area (Å²) in [6.45, 7) is 7.35. The Morgan fingerprint density at radius 1 is 1.38 bits per heavy atom. The van der Waals surface area contributed by atoms with Crippen LogP contribution in [0.25, 0.3) is 0 Å². The number of rotatable bonds is 5. The van der Waals surface area contributed by atoms with Crippen LogP contribution in [0.5, 0.6) is 0 Å². The Morgan fingerprint density at radius 3 is 2.69 bits per heavy atom. The molecular weight excluding hydrogens is 202 g/mol. The molecule has 0 heterocycles. The first-order chi connectivity index (χ1) is 7.61. The summed E-state index contributed by atoms with van der Waals surface area (Å²) in [5, 5.41) is 2.87. The van der Waals surface area contributed by atoms with Gasteiger partial charge < -0.3 is 10.1 Å². The molecule has 3 nitrogen and oxygen atoms in total. The fourth-order valence-corrected chi connectivity index (χ4v) is 2.12. The Kier molecular flexibility index (Phi) is 5.81. The SMILES string of the molecule is CC(C)C(=O)NCCO[C@@H]1CCCC[C@H]1C. The maximum atomic E-state index is 11.3. The van der Waals surface area contributed by atoms with Crippen LogP contribution in [0.2, 0.25) is 0 Å². The van der Waals surface area contributed by atoms with Gasteiger partial charge in [0.1, 0.15) is 0 Å². The predicted octanol–water partition coefficient (Wildman–Crippen LogP) is 2.35. The lowest BCUT2D eigenvalue weighted by molar-refractivity contribution is -0.124. The Morgan fingerprint density at radius 2 is 2.06 bits per heavy atom. The van der Waals surface area contributed by atoms with Gasteiger partial charge >= 0.3 is 0 Å². The third-order valence-electron chi connectivity index (χ3n) is 3.29. The summed E-state index contributed by atoms with van der Waals surface area (Å²) >= 11 is 0. The third-order valence-corrected chi connectivity index (χ3v) is 3.29. The summed E-state index contributed by atoms with van der Waals surface area (Å²) in [6, 6.07) is 0. The lowest BCUT2D eigenvalue weighted by Crippen LogP contribution is -2.33. The Bertz CT molecular complexity index is 216. The van der Waals surface area contributed by atoms with Crippen molar-refractivity contribution < 1.29 is 9.53 Å². The highest BCUT2D eigenvalue weighted by atomic mass is 16.5. The molecule has 1 fully saturated rings. The number of carbonyl (C=O) groups excluding carboxylic acids is 1. The highest BCUT2D eigenvalue weighted by Gasteiger charge is 2.21. The second kappa shape index (κ2) is 6.89. The number of nitrogens with one attached hydrogen (secondary N) is 1. The molecule has 0 spiro atoms. The summed E-state index contributed by atoms with van der Waals surface area (Å²) in [4.78, 5) is 11.3. The zero-order valence-corrected chi connectivity index (χ0v) is 10.8. The van der Waals surface area contributed by atoms with Gasteiger partial charge in [-0.25, -0.2) is 0 Å². The molecule has 16 heavy (non-hydrogen) atoms. The fourth-order valence-electron chi connectivity index (χ4n) is 2.12. The Labute approximate surface area is 98.9 Å². The second-order valence-corrected chi connectivity index (χ2v) is 5.12. The maximum Gasteiger partial charge on any atom is 0.222 e. The first-order valence-electron chi connectivity index (χ1n) is 6.50. The van der Waals surface area contributed by atoms with Crippen molar-refractivity contribution in [1.82, 2.24) is 5.32 Å². The van der Waals surface area contributed by atoms with Gasteiger partial charge in [0.25, 0.3) is 0 Å². The van der Waals surface area contributed by atoms with E-state index in [0.29, 0.717) is 25.2 Å². The quantitative estimate of drug-likeness (QED) is 0.732. The van der Waals surface area contributed by atoms with Gasteiger partial charge in [-0.1, -0.05) is 33.6 Å². The molecule has 2 atom stereocenters. The summed E-state index contributed by atoms with van der Waals surface area (Å²) in [7, 11) is 0. The number of amides is 1. The fraction of sp³-hybridized carbons (Fsp3) is 0.923. The minimum atomic E-state index is 0.0635. The van der Waals surface area contributed by atoms with Gasteiger partial charge in [0.2, 0.25) is 5.91 Å². The molecule has 1 rings (SSSR count). The molecule has 0 aliphatic heterocycles. The molecule has 0 aromatic heterocycles. The number of hydrogen-bond acceptors (Lipinski definition) is 2. The van der Waals surface area contributed by atoms with Crippen LogP contribution in [-0.4, -0.2) is 25.2 Å². The van der Waals surface area contributed by atoms with Crippen LogP contribution in [0.1, 0.15) is 46.5 Å². The molecule has 1 N–H and O–H groups in total. The van der Waals surface area contributed by atoms with Gasteiger partial charge in [-0.2, -0.15) is 0 Å². The largest absolute Gasteiger partial charge is 0.376 e. The zero-order valence-electron chi connectivity index (χ0n) is 10.8. The summed E-state index contributed by atoms with van der Waals surface area (Å²) < 4.78 is 5.81. The van der Waals surface area contributed by atoms with E-state index in [1.807, 2.05) is 13.8 Å². The Hall–Kier alpha value is -0.570. The normalized spacial score (nSPS) is 25.8. The topological polar surface area (TPSA) is 38.3 Å². The van der Waals surface area contributed by atoms with Crippen molar-refractivity contribution in [2.24, 2.45) is 11.8 Å². The summed E-state index contributed by atoms with van der Waals surface area (Å²) in [5.74, 6) is 0.850. The molecule has 0 saturated heterocycles. The van der Waals surface area contributed by atoms with Gasteiger partial charge in [-0.15, -0.1) is 0 Å². The van der Waals surface area contributed by atoms with E-state index < -0.39 is 0 Å². The molecule has 94 valence electrons. The molecule has 3 heteroatoms. The van der Waals surface area contributed by atoms with Crippen LogP contribution < -0.4 is 5.32 Å². The summed E-state index contributed by atoms with van der Waals surface area (Å²) in [5.41, 5.74) is 0. The van der Waals surface area contributed by atoms with Gasteiger partial charge in [0, 0.05) is 12.5 Å². The summed E-state index contributed by atoms with van der Waals surface area (Å²) in [6.07, 6.45) is 5.49. The maximum absolute atomic E-state index is 11.3. The molecule has 1 saturated carbocycles. The van der Waals surface area contributed by atoms with Crippen LogP contribution in [0.15, 0.2) is 0 Å². The molecule has 1 aliphatic rings. The standard InChI is InChI=1S/C13H25NO2/c1-10(2)13(15)14-8-9-16-12-7-5-4-6-11(12)3/h10-12H,4-9H2,1-3H3,(H,14,15)/t11-,12-/m1/s1. The van der Waals surface area contributed by atoms with E-state index in [4.69, 9.17) is 4.74 Å². The van der Waals surface area contributed by atoms with Crippen molar-refractivity contribution in [2.75, 3.05) is 13.2 Å². The first kappa shape index (κ1) is 13.5. The van der Waals surface area contributed by atoms with E-state index in [2.05, 4.69) is 12.2 Å². The highest BCUT2D eigenvalue weighted by molar-refractivity contribution is 5.77. The van der Waals surface area contributed by atoms with Crippen molar-refractivity contribution >= 4 is 5.91 Å². The van der Waals surface area contributed by atoms with Crippen LogP contribution >= 0.6 is 0 Å². The third kappa shape index (κ3) is 4.52. The van der Waals surface area contributed by atoms with Crippen molar-refractivity contribution in [3.05, 3.63) is 0 Å². The molecule has 0 unspecified atom stereocenters. The van der Waals surface area contributed by atoms with E-state index in [9.17, 15) is 4.79 Å². The van der Waals surface area contributed by atoms with Gasteiger partial charge in [-0.05, 0) is 18.8 Å². The molecule has 0 radical (unpaired) electrons. The average Bonchev–Trinajstić information content (AvgIpc) is 2.26. The van der Waals surface area contributed by atoms with Gasteiger partial charge in [0.05, 0.1) is 12.7 Å². The van der Waals surface area contributed by atoms with Crippen LogP contribution in [-0.2, 0) is 9.53 Å². The predicted molar refractivity (Wildman–Crippen MR) is 65.2 cm³/mol. The van der Waals surface area contributed by atoms with Gasteiger partial charge in [-0.3, -0.25) is 4.79 Å². The first-order valence-corrected chi connectivity index (χ1v) is 6.50. The Balaban J connectivity index is 2.08. The molecular formula is C13H25NO2. The lowest BCUT2D eigenvalue weighted by Gasteiger charge is -2.28. The zero-order chi connectivity index (χ0) is 12.0. The van der Waals surface area contributed by atoms with E-state index >= 15 is 0 Å². The van der Waals surface area contributed by atoms with Crippen molar-refractivity contribution in [3.8, 4) is 0 Å². The average molecular weight is 227 g/mol. The molecule has 0 aromatic carbocycles. The second-order valence-electron chi connectivity index (χ2n) is 5.12. The van der Waals surface area contributed by atoms with Crippen molar-refractivity contribution in [2.45, 2.75) is 52.6 Å². The van der Waals surface area contributed by atoms with Crippen molar-refractivity contribution in [3.63, 3.8) is 0 Å². The van der Waals surface area contributed by atoms with Crippen molar-refractivity contribution in [1.29, 1.82) is 0 Å². The van der Waals surface area contributed by atoms with Crippen LogP contribution in [0.3, 0.4) is 0 Å². The highest BCUT2D eigenvalue weighted by Crippen LogP contribution is 2.25. The number of carbonyl (C=O) groups is 1. The molecule has 0 bridgehead atoms. The van der Waals surface area contributed by atoms with E-state index in [-0.39, 0.29) is 11.8 Å². The van der Waals surface area contributed by atoms with Gasteiger partial charge in [0.15, 0.2) is 0 Å². The number of ether oxygens (including phenoxy) is 1. The number of hydrogen-bond donors (Lipinski definition) is 1. The molecule has 1 aliphatic carbocycles.